The molecule has 1 atom stereocenters. The molecule has 0 aromatic heterocycles. The average Bonchev–Trinajstić information content (AvgIpc) is 2.50. The maximum absolute atomic E-state index is 10.0. The highest BCUT2D eigenvalue weighted by molar-refractivity contribution is 6.32. The summed E-state index contributed by atoms with van der Waals surface area (Å²) in [7, 11) is 4.14. The maximum atomic E-state index is 10.0. The molecule has 1 aliphatic rings. The summed E-state index contributed by atoms with van der Waals surface area (Å²) in [5.41, 5.74) is 1.09. The number of hydrogen-bond donors (Lipinski definition) is 2. The van der Waals surface area contributed by atoms with Crippen LogP contribution in [0.3, 0.4) is 0 Å². The van der Waals surface area contributed by atoms with Crippen molar-refractivity contribution in [2.75, 3.05) is 53.4 Å². The van der Waals surface area contributed by atoms with Gasteiger partial charge in [0.2, 0.25) is 0 Å². The molecule has 1 aromatic rings. The number of nitrogens with one attached hydrogen (secondary N) is 1. The SMILES string of the molecule is CCOc1cc(C(CN(C)C)N2CCNCC2)cc(Cl)c1O. The summed E-state index contributed by atoms with van der Waals surface area (Å²) in [4.78, 5) is 4.63. The van der Waals surface area contributed by atoms with Crippen LogP contribution in [-0.4, -0.2) is 68.3 Å². The van der Waals surface area contributed by atoms with Gasteiger partial charge in [-0.2, -0.15) is 0 Å². The highest BCUT2D eigenvalue weighted by Crippen LogP contribution is 2.38. The third-order valence-electron chi connectivity index (χ3n) is 3.87. The number of rotatable bonds is 6. The van der Waals surface area contributed by atoms with Crippen molar-refractivity contribution >= 4 is 11.6 Å². The Labute approximate surface area is 137 Å². The van der Waals surface area contributed by atoms with E-state index in [2.05, 4.69) is 29.2 Å². The van der Waals surface area contributed by atoms with E-state index in [4.69, 9.17) is 16.3 Å². The molecular formula is C16H26ClN3O2. The number of halogens is 1. The molecule has 1 heterocycles. The van der Waals surface area contributed by atoms with Crippen LogP contribution in [0.1, 0.15) is 18.5 Å². The van der Waals surface area contributed by atoms with E-state index in [9.17, 15) is 5.11 Å². The number of aromatic hydroxyl groups is 1. The van der Waals surface area contributed by atoms with Crippen LogP contribution < -0.4 is 10.1 Å². The van der Waals surface area contributed by atoms with E-state index in [0.717, 1.165) is 38.3 Å². The monoisotopic (exact) mass is 327 g/mol. The predicted octanol–water partition coefficient (Wildman–Crippen LogP) is 1.95. The van der Waals surface area contributed by atoms with E-state index in [1.165, 1.54) is 0 Å². The molecule has 1 fully saturated rings. The van der Waals surface area contributed by atoms with Crippen molar-refractivity contribution in [3.63, 3.8) is 0 Å². The number of hydrogen-bond acceptors (Lipinski definition) is 5. The van der Waals surface area contributed by atoms with Gasteiger partial charge in [0.15, 0.2) is 11.5 Å². The number of benzene rings is 1. The lowest BCUT2D eigenvalue weighted by Crippen LogP contribution is -2.47. The lowest BCUT2D eigenvalue weighted by Gasteiger charge is -2.36. The smallest absolute Gasteiger partial charge is 0.176 e. The Morgan fingerprint density at radius 1 is 1.36 bits per heavy atom. The highest BCUT2D eigenvalue weighted by atomic mass is 35.5. The summed E-state index contributed by atoms with van der Waals surface area (Å²) in [6.45, 7) is 7.28. The zero-order chi connectivity index (χ0) is 16.1. The molecule has 2 rings (SSSR count). The number of nitrogens with zero attached hydrogens (tertiary/aromatic N) is 2. The molecule has 0 spiro atoms. The van der Waals surface area contributed by atoms with Gasteiger partial charge in [0.05, 0.1) is 11.6 Å². The Morgan fingerprint density at radius 2 is 2.05 bits per heavy atom. The van der Waals surface area contributed by atoms with E-state index in [-0.39, 0.29) is 11.8 Å². The molecule has 0 radical (unpaired) electrons. The zero-order valence-electron chi connectivity index (χ0n) is 13.6. The van der Waals surface area contributed by atoms with Gasteiger partial charge < -0.3 is 20.1 Å². The minimum atomic E-state index is 0.0242. The Morgan fingerprint density at radius 3 is 2.64 bits per heavy atom. The summed E-state index contributed by atoms with van der Waals surface area (Å²) >= 11 is 6.20. The highest BCUT2D eigenvalue weighted by Gasteiger charge is 2.24. The van der Waals surface area contributed by atoms with Gasteiger partial charge in [-0.1, -0.05) is 11.6 Å². The van der Waals surface area contributed by atoms with Crippen LogP contribution in [0.4, 0.5) is 0 Å². The van der Waals surface area contributed by atoms with Gasteiger partial charge in [-0.3, -0.25) is 4.90 Å². The first-order valence-corrected chi connectivity index (χ1v) is 8.15. The van der Waals surface area contributed by atoms with E-state index in [1.54, 1.807) is 0 Å². The van der Waals surface area contributed by atoms with Crippen LogP contribution in [0.15, 0.2) is 12.1 Å². The molecule has 0 saturated carbocycles. The molecule has 0 bridgehead atoms. The number of ether oxygens (including phenoxy) is 1. The molecule has 2 N–H and O–H groups in total. The lowest BCUT2D eigenvalue weighted by atomic mass is 10.0. The summed E-state index contributed by atoms with van der Waals surface area (Å²) in [5.74, 6) is 0.486. The summed E-state index contributed by atoms with van der Waals surface area (Å²) in [5, 5.41) is 13.8. The third kappa shape index (κ3) is 4.26. The van der Waals surface area contributed by atoms with Gasteiger partial charge in [0, 0.05) is 38.8 Å². The summed E-state index contributed by atoms with van der Waals surface area (Å²) < 4.78 is 5.52. The maximum Gasteiger partial charge on any atom is 0.176 e. The van der Waals surface area contributed by atoms with Crippen molar-refractivity contribution in [3.8, 4) is 11.5 Å². The van der Waals surface area contributed by atoms with Gasteiger partial charge in [-0.25, -0.2) is 0 Å². The van der Waals surface area contributed by atoms with E-state index >= 15 is 0 Å². The van der Waals surface area contributed by atoms with Crippen molar-refractivity contribution in [1.29, 1.82) is 0 Å². The van der Waals surface area contributed by atoms with Crippen LogP contribution in [0.5, 0.6) is 11.5 Å². The van der Waals surface area contributed by atoms with Crippen LogP contribution in [0.2, 0.25) is 5.02 Å². The second-order valence-electron chi connectivity index (χ2n) is 5.85. The standard InChI is InChI=1S/C16H26ClN3O2/c1-4-22-15-10-12(9-13(17)16(15)21)14(11-19(2)3)20-7-5-18-6-8-20/h9-10,14,18,21H,4-8,11H2,1-3H3. The Kier molecular flexibility index (Phi) is 6.32. The average molecular weight is 328 g/mol. The van der Waals surface area contributed by atoms with Crippen molar-refractivity contribution in [2.45, 2.75) is 13.0 Å². The Hall–Kier alpha value is -1.01. The molecule has 1 aromatic carbocycles. The molecule has 0 aliphatic carbocycles. The minimum absolute atomic E-state index is 0.0242. The second-order valence-corrected chi connectivity index (χ2v) is 6.25. The first-order valence-electron chi connectivity index (χ1n) is 7.77. The van der Waals surface area contributed by atoms with Crippen LogP contribution >= 0.6 is 11.6 Å². The van der Waals surface area contributed by atoms with Gasteiger partial charge in [-0.15, -0.1) is 0 Å². The molecular weight excluding hydrogens is 302 g/mol. The molecule has 0 amide bonds. The van der Waals surface area contributed by atoms with Gasteiger partial charge in [-0.05, 0) is 38.7 Å². The molecule has 1 saturated heterocycles. The van der Waals surface area contributed by atoms with Crippen molar-refractivity contribution < 1.29 is 9.84 Å². The van der Waals surface area contributed by atoms with E-state index in [0.29, 0.717) is 17.4 Å². The molecule has 124 valence electrons. The normalized spacial score (nSPS) is 17.7. The number of phenolic OH excluding ortho intramolecular Hbond substituents is 1. The Bertz CT molecular complexity index is 491. The molecule has 1 unspecified atom stereocenters. The first-order chi connectivity index (χ1) is 10.5. The Balaban J connectivity index is 2.33. The minimum Gasteiger partial charge on any atom is -0.503 e. The van der Waals surface area contributed by atoms with Crippen molar-refractivity contribution in [3.05, 3.63) is 22.7 Å². The van der Waals surface area contributed by atoms with Crippen LogP contribution in [0.25, 0.3) is 0 Å². The number of phenols is 1. The van der Waals surface area contributed by atoms with E-state index < -0.39 is 0 Å². The number of likely N-dealkylation sites (N-methyl/N-ethyl adjacent to an activating group) is 1. The van der Waals surface area contributed by atoms with Crippen LogP contribution in [0, 0.1) is 0 Å². The summed E-state index contributed by atoms with van der Waals surface area (Å²) in [6.07, 6.45) is 0. The summed E-state index contributed by atoms with van der Waals surface area (Å²) in [6, 6.07) is 4.01. The fourth-order valence-electron chi connectivity index (χ4n) is 2.82. The quantitative estimate of drug-likeness (QED) is 0.836. The third-order valence-corrected chi connectivity index (χ3v) is 4.15. The fraction of sp³-hybridized carbons (Fsp3) is 0.625. The van der Waals surface area contributed by atoms with Gasteiger partial charge >= 0.3 is 0 Å². The van der Waals surface area contributed by atoms with E-state index in [1.807, 2.05) is 19.1 Å². The topological polar surface area (TPSA) is 48.0 Å². The van der Waals surface area contributed by atoms with Crippen molar-refractivity contribution in [2.24, 2.45) is 0 Å². The fourth-order valence-corrected chi connectivity index (χ4v) is 3.04. The zero-order valence-corrected chi connectivity index (χ0v) is 14.4. The van der Waals surface area contributed by atoms with Crippen molar-refractivity contribution in [1.82, 2.24) is 15.1 Å². The lowest BCUT2D eigenvalue weighted by molar-refractivity contribution is 0.144. The number of piperazine rings is 1. The largest absolute Gasteiger partial charge is 0.503 e. The molecule has 1 aliphatic heterocycles. The predicted molar refractivity (Wildman–Crippen MR) is 90.0 cm³/mol. The van der Waals surface area contributed by atoms with Gasteiger partial charge in [0.25, 0.3) is 0 Å². The molecule has 5 nitrogen and oxygen atoms in total. The molecule has 6 heteroatoms. The van der Waals surface area contributed by atoms with Gasteiger partial charge in [0.1, 0.15) is 0 Å². The molecule has 22 heavy (non-hydrogen) atoms. The van der Waals surface area contributed by atoms with Crippen LogP contribution in [-0.2, 0) is 0 Å². The second kappa shape index (κ2) is 8.02. The first kappa shape index (κ1) is 17.3.